The quantitative estimate of drug-likeness (QED) is 0.692. The summed E-state index contributed by atoms with van der Waals surface area (Å²) in [6, 6.07) is -0.394. The van der Waals surface area contributed by atoms with Crippen LogP contribution in [0.15, 0.2) is 28.9 Å². The van der Waals surface area contributed by atoms with E-state index in [2.05, 4.69) is 10.3 Å². The molecule has 1 heterocycles. The van der Waals surface area contributed by atoms with Crippen molar-refractivity contribution in [1.82, 2.24) is 5.32 Å². The van der Waals surface area contributed by atoms with E-state index in [0.29, 0.717) is 11.4 Å². The van der Waals surface area contributed by atoms with Crippen molar-refractivity contribution in [2.45, 2.75) is 0 Å². The molecule has 0 aromatic carbocycles. The summed E-state index contributed by atoms with van der Waals surface area (Å²) in [7, 11) is 0. The number of ketones is 1. The second-order valence-electron chi connectivity index (χ2n) is 2.99. The lowest BCUT2D eigenvalue weighted by molar-refractivity contribution is -0.118. The topological polar surface area (TPSA) is 58.5 Å². The Morgan fingerprint density at radius 3 is 3.14 bits per heavy atom. The van der Waals surface area contributed by atoms with Gasteiger partial charge in [0.25, 0.3) is 0 Å². The maximum absolute atomic E-state index is 11.3. The number of amides is 2. The molecule has 0 aromatic rings. The van der Waals surface area contributed by atoms with Gasteiger partial charge in [0, 0.05) is 0 Å². The first-order valence-corrected chi connectivity index (χ1v) is 4.63. The minimum atomic E-state index is -0.394. The number of carbonyl (C=O) groups excluding carboxylic acids is 2. The molecule has 0 radical (unpaired) electrons. The van der Waals surface area contributed by atoms with Gasteiger partial charge in [0.15, 0.2) is 5.78 Å². The van der Waals surface area contributed by atoms with Gasteiger partial charge < -0.3 is 5.32 Å². The van der Waals surface area contributed by atoms with Crippen LogP contribution in [0.1, 0.15) is 0 Å². The van der Waals surface area contributed by atoms with E-state index < -0.39 is 6.03 Å². The lowest BCUT2D eigenvalue weighted by Gasteiger charge is -2.11. The highest BCUT2D eigenvalue weighted by Gasteiger charge is 2.24. The van der Waals surface area contributed by atoms with Gasteiger partial charge in [-0.05, 0) is 12.2 Å². The second kappa shape index (κ2) is 3.38. The molecule has 1 unspecified atom stereocenters. The van der Waals surface area contributed by atoms with Crippen LogP contribution in [0.3, 0.4) is 0 Å². The summed E-state index contributed by atoms with van der Waals surface area (Å²) in [6.45, 7) is 0. The van der Waals surface area contributed by atoms with Crippen molar-refractivity contribution in [3.05, 3.63) is 23.9 Å². The van der Waals surface area contributed by atoms with E-state index in [9.17, 15) is 9.59 Å². The minimum absolute atomic E-state index is 0.0286. The van der Waals surface area contributed by atoms with Crippen LogP contribution in [0.5, 0.6) is 0 Å². The van der Waals surface area contributed by atoms with Gasteiger partial charge in [0.2, 0.25) is 0 Å². The van der Waals surface area contributed by atoms with Crippen molar-refractivity contribution >= 4 is 29.1 Å². The molecular weight excluding hydrogens is 204 g/mol. The SMILES string of the molecule is O=C1N=C2C=CC(C(=O)CCl)C=C2N1. The van der Waals surface area contributed by atoms with Crippen molar-refractivity contribution in [3.8, 4) is 0 Å². The predicted molar refractivity (Wildman–Crippen MR) is 52.4 cm³/mol. The number of rotatable bonds is 2. The normalized spacial score (nSPS) is 23.8. The molecule has 5 heteroatoms. The number of nitrogens with zero attached hydrogens (tertiary/aromatic N) is 1. The Balaban J connectivity index is 2.25. The molecule has 1 aliphatic heterocycles. The molecule has 0 aromatic heterocycles. The first kappa shape index (κ1) is 9.15. The van der Waals surface area contributed by atoms with E-state index in [-0.39, 0.29) is 17.6 Å². The molecule has 2 rings (SSSR count). The molecule has 4 nitrogen and oxygen atoms in total. The van der Waals surface area contributed by atoms with E-state index in [4.69, 9.17) is 11.6 Å². The van der Waals surface area contributed by atoms with Crippen LogP contribution in [0.4, 0.5) is 4.79 Å². The molecule has 1 aliphatic carbocycles. The van der Waals surface area contributed by atoms with Crippen LogP contribution >= 0.6 is 11.6 Å². The Kier molecular flexibility index (Phi) is 2.21. The predicted octanol–water partition coefficient (Wildman–Crippen LogP) is 1.03. The summed E-state index contributed by atoms with van der Waals surface area (Å²) in [6.07, 6.45) is 5.00. The molecule has 0 fully saturated rings. The zero-order chi connectivity index (χ0) is 10.1. The van der Waals surface area contributed by atoms with Crippen LogP contribution in [0.25, 0.3) is 0 Å². The number of hydrogen-bond donors (Lipinski definition) is 1. The fraction of sp³-hybridized carbons (Fsp3) is 0.222. The third-order valence-corrected chi connectivity index (χ3v) is 2.31. The summed E-state index contributed by atoms with van der Waals surface area (Å²) >= 11 is 5.43. The van der Waals surface area contributed by atoms with E-state index in [1.807, 2.05) is 0 Å². The van der Waals surface area contributed by atoms with Gasteiger partial charge in [-0.25, -0.2) is 4.79 Å². The van der Waals surface area contributed by atoms with Crippen molar-refractivity contribution < 1.29 is 9.59 Å². The van der Waals surface area contributed by atoms with Gasteiger partial charge in [-0.3, -0.25) is 4.79 Å². The van der Waals surface area contributed by atoms with E-state index in [1.54, 1.807) is 18.2 Å². The number of halogens is 1. The summed E-state index contributed by atoms with van der Waals surface area (Å²) < 4.78 is 0. The highest BCUT2D eigenvalue weighted by molar-refractivity contribution is 6.28. The average Bonchev–Trinajstić information content (AvgIpc) is 2.55. The lowest BCUT2D eigenvalue weighted by atomic mass is 9.97. The number of nitrogens with one attached hydrogen (secondary N) is 1. The monoisotopic (exact) mass is 210 g/mol. The molecule has 72 valence electrons. The molecule has 2 aliphatic rings. The Morgan fingerprint density at radius 2 is 2.43 bits per heavy atom. The maximum atomic E-state index is 11.3. The molecule has 0 saturated heterocycles. The fourth-order valence-corrected chi connectivity index (χ4v) is 1.53. The first-order valence-electron chi connectivity index (χ1n) is 4.09. The van der Waals surface area contributed by atoms with Gasteiger partial charge in [0.05, 0.1) is 23.2 Å². The Hall–Kier alpha value is -1.42. The Labute approximate surface area is 85.3 Å². The number of urea groups is 1. The summed E-state index contributed by atoms with van der Waals surface area (Å²) in [5.41, 5.74) is 1.18. The van der Waals surface area contributed by atoms with Gasteiger partial charge in [-0.2, -0.15) is 4.99 Å². The molecule has 0 bridgehead atoms. The molecule has 2 amide bonds. The maximum Gasteiger partial charge on any atom is 0.346 e. The van der Waals surface area contributed by atoms with Gasteiger partial charge in [0.1, 0.15) is 0 Å². The van der Waals surface area contributed by atoms with Crippen LogP contribution < -0.4 is 5.32 Å². The second-order valence-corrected chi connectivity index (χ2v) is 3.26. The van der Waals surface area contributed by atoms with Crippen LogP contribution in [0, 0.1) is 5.92 Å². The average molecular weight is 211 g/mol. The summed E-state index contributed by atoms with van der Waals surface area (Å²) in [4.78, 5) is 25.8. The van der Waals surface area contributed by atoms with Crippen LogP contribution in [0.2, 0.25) is 0 Å². The number of hydrogen-bond acceptors (Lipinski definition) is 2. The number of alkyl halides is 1. The van der Waals surface area contributed by atoms with Crippen molar-refractivity contribution in [2.24, 2.45) is 10.9 Å². The molecule has 14 heavy (non-hydrogen) atoms. The third-order valence-electron chi connectivity index (χ3n) is 2.05. The van der Waals surface area contributed by atoms with Crippen molar-refractivity contribution in [1.29, 1.82) is 0 Å². The van der Waals surface area contributed by atoms with Crippen LogP contribution in [-0.4, -0.2) is 23.4 Å². The van der Waals surface area contributed by atoms with E-state index in [1.165, 1.54) is 0 Å². The Bertz CT molecular complexity index is 396. The van der Waals surface area contributed by atoms with E-state index >= 15 is 0 Å². The van der Waals surface area contributed by atoms with Gasteiger partial charge in [-0.15, -0.1) is 11.6 Å². The molecule has 1 atom stereocenters. The van der Waals surface area contributed by atoms with E-state index in [0.717, 1.165) is 0 Å². The standard InChI is InChI=1S/C9H7ClN2O2/c10-4-8(13)5-1-2-6-7(3-5)12-9(14)11-6/h1-3,5H,4H2,(H,12,14). The number of Topliss-reactive ketones (excluding diaryl/α,β-unsaturated/α-hetero) is 1. The summed E-state index contributed by atoms with van der Waals surface area (Å²) in [5, 5.41) is 2.54. The largest absolute Gasteiger partial charge is 0.346 e. The van der Waals surface area contributed by atoms with Crippen molar-refractivity contribution in [2.75, 3.05) is 5.88 Å². The Morgan fingerprint density at radius 1 is 1.64 bits per heavy atom. The zero-order valence-electron chi connectivity index (χ0n) is 7.16. The number of carbonyl (C=O) groups is 2. The molecule has 0 saturated carbocycles. The smallest absolute Gasteiger partial charge is 0.304 e. The fourth-order valence-electron chi connectivity index (χ4n) is 1.35. The number of aliphatic imine (C=N–C) groups is 1. The minimum Gasteiger partial charge on any atom is -0.304 e. The molecular formula is C9H7ClN2O2. The number of fused-ring (bicyclic) bond motifs is 1. The third kappa shape index (κ3) is 1.48. The van der Waals surface area contributed by atoms with Gasteiger partial charge in [-0.1, -0.05) is 6.08 Å². The van der Waals surface area contributed by atoms with Gasteiger partial charge >= 0.3 is 6.03 Å². The molecule has 1 N–H and O–H groups in total. The highest BCUT2D eigenvalue weighted by atomic mass is 35.5. The van der Waals surface area contributed by atoms with Crippen LogP contribution in [-0.2, 0) is 4.79 Å². The lowest BCUT2D eigenvalue weighted by Crippen LogP contribution is -2.21. The highest BCUT2D eigenvalue weighted by Crippen LogP contribution is 2.17. The zero-order valence-corrected chi connectivity index (χ0v) is 7.91. The summed E-state index contributed by atoms with van der Waals surface area (Å²) in [5.74, 6) is -0.463. The first-order chi connectivity index (χ1) is 6.70. The number of allylic oxidation sites excluding steroid dienone is 3. The molecule has 0 spiro atoms. The van der Waals surface area contributed by atoms with Crippen molar-refractivity contribution in [3.63, 3.8) is 0 Å².